The number of hydrogen-bond acceptors (Lipinski definition) is 4. The first-order valence-corrected chi connectivity index (χ1v) is 7.14. The molecule has 4 heteroatoms. The first-order chi connectivity index (χ1) is 9.29. The van der Waals surface area contributed by atoms with Crippen molar-refractivity contribution in [3.63, 3.8) is 0 Å². The molecule has 0 radical (unpaired) electrons. The summed E-state index contributed by atoms with van der Waals surface area (Å²) < 4.78 is 0. The zero-order valence-corrected chi connectivity index (χ0v) is 11.7. The maximum atomic E-state index is 4.72. The largest absolute Gasteiger partial charge is 0.312 e. The molecule has 96 valence electrons. The molecule has 0 bridgehead atoms. The summed E-state index contributed by atoms with van der Waals surface area (Å²) in [6, 6.07) is 10.5. The second-order valence-electron chi connectivity index (χ2n) is 4.47. The fourth-order valence-electron chi connectivity index (χ4n) is 2.03. The van der Waals surface area contributed by atoms with Gasteiger partial charge in [-0.1, -0.05) is 18.2 Å². The van der Waals surface area contributed by atoms with E-state index in [1.54, 1.807) is 11.3 Å². The van der Waals surface area contributed by atoms with Crippen LogP contribution >= 0.6 is 11.3 Å². The lowest BCUT2D eigenvalue weighted by Crippen LogP contribution is -2.12. The SMILES string of the molecule is CNC(C)c1csc(-c2cccc3cccnc23)n1. The Balaban J connectivity index is 2.12. The Morgan fingerprint density at radius 2 is 2.05 bits per heavy atom. The Labute approximate surface area is 116 Å². The lowest BCUT2D eigenvalue weighted by atomic mass is 10.1. The van der Waals surface area contributed by atoms with E-state index in [9.17, 15) is 0 Å². The summed E-state index contributed by atoms with van der Waals surface area (Å²) in [5.41, 5.74) is 3.20. The smallest absolute Gasteiger partial charge is 0.125 e. The minimum absolute atomic E-state index is 0.271. The number of nitrogens with one attached hydrogen (secondary N) is 1. The zero-order chi connectivity index (χ0) is 13.2. The van der Waals surface area contributed by atoms with Crippen molar-refractivity contribution in [1.82, 2.24) is 15.3 Å². The van der Waals surface area contributed by atoms with Gasteiger partial charge in [-0.25, -0.2) is 4.98 Å². The van der Waals surface area contributed by atoms with Gasteiger partial charge in [0, 0.05) is 28.6 Å². The minimum Gasteiger partial charge on any atom is -0.312 e. The van der Waals surface area contributed by atoms with E-state index in [0.717, 1.165) is 27.2 Å². The number of hydrogen-bond donors (Lipinski definition) is 1. The summed E-state index contributed by atoms with van der Waals surface area (Å²) in [4.78, 5) is 9.20. The average molecular weight is 269 g/mol. The van der Waals surface area contributed by atoms with Gasteiger partial charge in [0.2, 0.25) is 0 Å². The van der Waals surface area contributed by atoms with Crippen molar-refractivity contribution in [2.45, 2.75) is 13.0 Å². The van der Waals surface area contributed by atoms with Crippen LogP contribution in [0.25, 0.3) is 21.5 Å². The molecule has 0 saturated carbocycles. The van der Waals surface area contributed by atoms with Gasteiger partial charge in [-0.15, -0.1) is 11.3 Å². The molecule has 0 aliphatic heterocycles. The third kappa shape index (κ3) is 2.25. The third-order valence-corrected chi connectivity index (χ3v) is 4.16. The van der Waals surface area contributed by atoms with E-state index in [0.29, 0.717) is 0 Å². The lowest BCUT2D eigenvalue weighted by molar-refractivity contribution is 0.637. The first-order valence-electron chi connectivity index (χ1n) is 6.26. The molecule has 0 aliphatic carbocycles. The number of thiazole rings is 1. The van der Waals surface area contributed by atoms with Gasteiger partial charge in [0.1, 0.15) is 5.01 Å². The molecule has 3 rings (SSSR count). The number of para-hydroxylation sites is 1. The molecule has 3 nitrogen and oxygen atoms in total. The zero-order valence-electron chi connectivity index (χ0n) is 10.9. The molecule has 0 amide bonds. The van der Waals surface area contributed by atoms with Gasteiger partial charge in [0.15, 0.2) is 0 Å². The van der Waals surface area contributed by atoms with Gasteiger partial charge in [0.25, 0.3) is 0 Å². The number of rotatable bonds is 3. The number of benzene rings is 1. The highest BCUT2D eigenvalue weighted by Gasteiger charge is 2.11. The number of nitrogens with zero attached hydrogens (tertiary/aromatic N) is 2. The molecule has 0 spiro atoms. The van der Waals surface area contributed by atoms with Crippen LogP contribution in [-0.4, -0.2) is 17.0 Å². The predicted octanol–water partition coefficient (Wildman–Crippen LogP) is 3.64. The molecule has 0 saturated heterocycles. The van der Waals surface area contributed by atoms with Gasteiger partial charge in [0.05, 0.1) is 11.2 Å². The minimum atomic E-state index is 0.271. The second-order valence-corrected chi connectivity index (χ2v) is 5.33. The van der Waals surface area contributed by atoms with Crippen molar-refractivity contribution < 1.29 is 0 Å². The van der Waals surface area contributed by atoms with E-state index in [2.05, 4.69) is 46.9 Å². The molecule has 1 N–H and O–H groups in total. The molecular formula is C15H15N3S. The molecule has 2 aromatic heterocycles. The van der Waals surface area contributed by atoms with E-state index in [1.807, 2.05) is 19.3 Å². The Morgan fingerprint density at radius 1 is 1.21 bits per heavy atom. The topological polar surface area (TPSA) is 37.8 Å². The van der Waals surface area contributed by atoms with Crippen molar-refractivity contribution in [2.75, 3.05) is 7.05 Å². The summed E-state index contributed by atoms with van der Waals surface area (Å²) in [5, 5.41) is 7.50. The fraction of sp³-hybridized carbons (Fsp3) is 0.200. The van der Waals surface area contributed by atoms with Gasteiger partial charge < -0.3 is 5.32 Å². The van der Waals surface area contributed by atoms with Gasteiger partial charge in [-0.05, 0) is 26.1 Å². The molecule has 1 unspecified atom stereocenters. The number of fused-ring (bicyclic) bond motifs is 1. The Kier molecular flexibility index (Phi) is 3.27. The Bertz CT molecular complexity index is 700. The van der Waals surface area contributed by atoms with Crippen molar-refractivity contribution >= 4 is 22.2 Å². The quantitative estimate of drug-likeness (QED) is 0.789. The van der Waals surface area contributed by atoms with Crippen molar-refractivity contribution in [1.29, 1.82) is 0 Å². The van der Waals surface area contributed by atoms with Gasteiger partial charge in [-0.3, -0.25) is 4.98 Å². The van der Waals surface area contributed by atoms with Crippen molar-refractivity contribution in [3.8, 4) is 10.6 Å². The van der Waals surface area contributed by atoms with Crippen LogP contribution in [-0.2, 0) is 0 Å². The van der Waals surface area contributed by atoms with Crippen LogP contribution in [0.5, 0.6) is 0 Å². The van der Waals surface area contributed by atoms with Crippen LogP contribution in [0.3, 0.4) is 0 Å². The highest BCUT2D eigenvalue weighted by atomic mass is 32.1. The van der Waals surface area contributed by atoms with E-state index in [1.165, 1.54) is 0 Å². The maximum Gasteiger partial charge on any atom is 0.125 e. The second kappa shape index (κ2) is 5.07. The molecular weight excluding hydrogens is 254 g/mol. The summed E-state index contributed by atoms with van der Waals surface area (Å²) in [6.45, 7) is 2.11. The van der Waals surface area contributed by atoms with Crippen LogP contribution in [0.15, 0.2) is 41.9 Å². The van der Waals surface area contributed by atoms with E-state index in [4.69, 9.17) is 4.98 Å². The maximum absolute atomic E-state index is 4.72. The molecule has 1 atom stereocenters. The molecule has 2 heterocycles. The van der Waals surface area contributed by atoms with Crippen molar-refractivity contribution in [3.05, 3.63) is 47.6 Å². The summed E-state index contributed by atoms with van der Waals surface area (Å²) >= 11 is 1.67. The standard InChI is InChI=1S/C15H15N3S/c1-10(16-2)13-9-19-15(18-13)12-7-3-5-11-6-4-8-17-14(11)12/h3-10,16H,1-2H3. The summed E-state index contributed by atoms with van der Waals surface area (Å²) in [5.74, 6) is 0. The Morgan fingerprint density at radius 3 is 2.89 bits per heavy atom. The van der Waals surface area contributed by atoms with Crippen molar-refractivity contribution in [2.24, 2.45) is 0 Å². The van der Waals surface area contributed by atoms with Gasteiger partial charge in [-0.2, -0.15) is 0 Å². The lowest BCUT2D eigenvalue weighted by Gasteiger charge is -2.05. The number of pyridine rings is 1. The van der Waals surface area contributed by atoms with E-state index in [-0.39, 0.29) is 6.04 Å². The van der Waals surface area contributed by atoms with Gasteiger partial charge >= 0.3 is 0 Å². The van der Waals surface area contributed by atoms with E-state index >= 15 is 0 Å². The molecule has 0 aliphatic rings. The normalized spacial score (nSPS) is 12.7. The first kappa shape index (κ1) is 12.3. The predicted molar refractivity (Wildman–Crippen MR) is 80.3 cm³/mol. The molecule has 0 fully saturated rings. The third-order valence-electron chi connectivity index (χ3n) is 3.26. The Hall–Kier alpha value is -1.78. The van der Waals surface area contributed by atoms with Crippen LogP contribution in [0.4, 0.5) is 0 Å². The van der Waals surface area contributed by atoms with Crippen LogP contribution in [0, 0.1) is 0 Å². The monoisotopic (exact) mass is 269 g/mol. The average Bonchev–Trinajstić information content (AvgIpc) is 2.95. The summed E-state index contributed by atoms with van der Waals surface area (Å²) in [6.07, 6.45) is 1.83. The molecule has 3 aromatic rings. The van der Waals surface area contributed by atoms with Crippen LogP contribution < -0.4 is 5.32 Å². The van der Waals surface area contributed by atoms with Crippen LogP contribution in [0.2, 0.25) is 0 Å². The highest BCUT2D eigenvalue weighted by Crippen LogP contribution is 2.30. The van der Waals surface area contributed by atoms with E-state index < -0.39 is 0 Å². The number of aromatic nitrogens is 2. The summed E-state index contributed by atoms with van der Waals surface area (Å²) in [7, 11) is 1.95. The highest BCUT2D eigenvalue weighted by molar-refractivity contribution is 7.13. The molecule has 19 heavy (non-hydrogen) atoms. The fourth-order valence-corrected chi connectivity index (χ4v) is 2.97. The molecule has 1 aromatic carbocycles. The van der Waals surface area contributed by atoms with Crippen LogP contribution in [0.1, 0.15) is 18.7 Å².